The molecule has 1 saturated heterocycles. The van der Waals surface area contributed by atoms with Crippen molar-refractivity contribution in [3.05, 3.63) is 65.2 Å². The Bertz CT molecular complexity index is 767. The second kappa shape index (κ2) is 9.39. The third kappa shape index (κ3) is 5.70. The average molecular weight is 389 g/mol. The van der Waals surface area contributed by atoms with Gasteiger partial charge in [0.2, 0.25) is 5.91 Å². The molecule has 2 aromatic carbocycles. The highest BCUT2D eigenvalue weighted by Gasteiger charge is 2.25. The molecule has 7 heteroatoms. The Hall–Kier alpha value is -2.57. The van der Waals surface area contributed by atoms with Crippen molar-refractivity contribution in [2.75, 3.05) is 32.8 Å². The average Bonchev–Trinajstić information content (AvgIpc) is 2.72. The molecule has 0 aromatic heterocycles. The number of benzene rings is 2. The zero-order valence-electron chi connectivity index (χ0n) is 14.8. The Morgan fingerprint density at radius 3 is 2.63 bits per heavy atom. The minimum Gasteiger partial charge on any atom is -0.484 e. The highest BCUT2D eigenvalue weighted by molar-refractivity contribution is 6.30. The van der Waals surface area contributed by atoms with Crippen LogP contribution in [-0.2, 0) is 14.3 Å². The molecule has 1 atom stereocenters. The Labute approximate surface area is 163 Å². The summed E-state index contributed by atoms with van der Waals surface area (Å²) in [6.07, 6.45) is -0.146. The fraction of sp³-hybridized carbons (Fsp3) is 0.300. The van der Waals surface area contributed by atoms with E-state index in [0.717, 1.165) is 5.56 Å². The smallest absolute Gasteiger partial charge is 0.258 e. The first kappa shape index (κ1) is 19.2. The third-order valence-electron chi connectivity index (χ3n) is 4.21. The molecule has 1 heterocycles. The number of carbonyl (C=O) groups excluding carboxylic acids is 2. The summed E-state index contributed by atoms with van der Waals surface area (Å²) < 4.78 is 11.1. The van der Waals surface area contributed by atoms with E-state index in [-0.39, 0.29) is 31.1 Å². The van der Waals surface area contributed by atoms with Gasteiger partial charge in [0.15, 0.2) is 6.61 Å². The number of nitrogens with one attached hydrogen (secondary N) is 1. The van der Waals surface area contributed by atoms with Crippen molar-refractivity contribution in [3.8, 4) is 5.75 Å². The van der Waals surface area contributed by atoms with Gasteiger partial charge in [0.1, 0.15) is 11.9 Å². The highest BCUT2D eigenvalue weighted by Crippen LogP contribution is 2.21. The number of nitrogens with zero attached hydrogens (tertiary/aromatic N) is 1. The van der Waals surface area contributed by atoms with Crippen LogP contribution in [0.25, 0.3) is 0 Å². The van der Waals surface area contributed by atoms with E-state index < -0.39 is 0 Å². The van der Waals surface area contributed by atoms with Crippen LogP contribution in [0.1, 0.15) is 11.7 Å². The standard InChI is InChI=1S/C20H21ClN2O4/c21-16-6-8-17(9-7-16)27-14-19(24)22-12-20(25)23-10-11-26-18(13-23)15-4-2-1-3-5-15/h1-9,18H,10-14H2,(H,22,24). The van der Waals surface area contributed by atoms with Gasteiger partial charge in [-0.2, -0.15) is 0 Å². The molecule has 2 aromatic rings. The summed E-state index contributed by atoms with van der Waals surface area (Å²) in [6, 6.07) is 16.5. The summed E-state index contributed by atoms with van der Waals surface area (Å²) in [4.78, 5) is 26.0. The van der Waals surface area contributed by atoms with Crippen LogP contribution in [0.4, 0.5) is 0 Å². The molecule has 142 valence electrons. The van der Waals surface area contributed by atoms with Crippen molar-refractivity contribution in [3.63, 3.8) is 0 Å². The number of carbonyl (C=O) groups is 2. The van der Waals surface area contributed by atoms with E-state index in [1.165, 1.54) is 0 Å². The summed E-state index contributed by atoms with van der Waals surface area (Å²) in [5, 5.41) is 3.19. The second-order valence-corrected chi connectivity index (χ2v) is 6.57. The Balaban J connectivity index is 1.43. The largest absolute Gasteiger partial charge is 0.484 e. The van der Waals surface area contributed by atoms with Crippen LogP contribution in [0, 0.1) is 0 Å². The topological polar surface area (TPSA) is 67.9 Å². The van der Waals surface area contributed by atoms with E-state index >= 15 is 0 Å². The highest BCUT2D eigenvalue weighted by atomic mass is 35.5. The molecule has 1 N–H and O–H groups in total. The first-order valence-electron chi connectivity index (χ1n) is 8.71. The maximum absolute atomic E-state index is 12.4. The molecular formula is C20H21ClN2O4. The van der Waals surface area contributed by atoms with E-state index in [9.17, 15) is 9.59 Å². The van der Waals surface area contributed by atoms with Gasteiger partial charge in [-0.1, -0.05) is 41.9 Å². The zero-order valence-corrected chi connectivity index (χ0v) is 15.5. The number of amides is 2. The number of ether oxygens (including phenoxy) is 2. The van der Waals surface area contributed by atoms with Crippen LogP contribution in [0.3, 0.4) is 0 Å². The lowest BCUT2D eigenvalue weighted by atomic mass is 10.1. The van der Waals surface area contributed by atoms with Crippen molar-refractivity contribution >= 4 is 23.4 Å². The van der Waals surface area contributed by atoms with E-state index in [4.69, 9.17) is 21.1 Å². The normalized spacial score (nSPS) is 16.6. The van der Waals surface area contributed by atoms with Crippen molar-refractivity contribution in [2.24, 2.45) is 0 Å². The van der Waals surface area contributed by atoms with Gasteiger partial charge in [-0.3, -0.25) is 9.59 Å². The number of hydrogen-bond donors (Lipinski definition) is 1. The molecule has 6 nitrogen and oxygen atoms in total. The van der Waals surface area contributed by atoms with Gasteiger partial charge in [-0.25, -0.2) is 0 Å². The van der Waals surface area contributed by atoms with Gasteiger partial charge < -0.3 is 19.7 Å². The Kier molecular flexibility index (Phi) is 6.68. The van der Waals surface area contributed by atoms with Crippen LogP contribution in [0.2, 0.25) is 5.02 Å². The maximum atomic E-state index is 12.4. The van der Waals surface area contributed by atoms with Crippen LogP contribution in [0.15, 0.2) is 54.6 Å². The van der Waals surface area contributed by atoms with Crippen molar-refractivity contribution in [1.82, 2.24) is 10.2 Å². The molecule has 1 aliphatic rings. The minimum atomic E-state index is -0.355. The van der Waals surface area contributed by atoms with Crippen LogP contribution in [0.5, 0.6) is 5.75 Å². The lowest BCUT2D eigenvalue weighted by Gasteiger charge is -2.33. The molecule has 0 radical (unpaired) electrons. The van der Waals surface area contributed by atoms with Gasteiger partial charge in [-0.15, -0.1) is 0 Å². The van der Waals surface area contributed by atoms with Crippen LogP contribution in [-0.4, -0.2) is 49.6 Å². The van der Waals surface area contributed by atoms with Crippen LogP contribution >= 0.6 is 11.6 Å². The molecule has 2 amide bonds. The van der Waals surface area contributed by atoms with Gasteiger partial charge in [-0.05, 0) is 29.8 Å². The molecule has 27 heavy (non-hydrogen) atoms. The third-order valence-corrected chi connectivity index (χ3v) is 4.46. The van der Waals surface area contributed by atoms with Gasteiger partial charge in [0.05, 0.1) is 19.7 Å². The van der Waals surface area contributed by atoms with E-state index in [0.29, 0.717) is 30.5 Å². The Morgan fingerprint density at radius 1 is 1.15 bits per heavy atom. The molecule has 3 rings (SSSR count). The first-order chi connectivity index (χ1) is 13.1. The van der Waals surface area contributed by atoms with Gasteiger partial charge in [0.25, 0.3) is 5.91 Å². The minimum absolute atomic E-state index is 0.0652. The molecule has 1 fully saturated rings. The number of hydrogen-bond acceptors (Lipinski definition) is 4. The predicted octanol–water partition coefficient (Wildman–Crippen LogP) is 2.44. The lowest BCUT2D eigenvalue weighted by Crippen LogP contribution is -2.47. The lowest BCUT2D eigenvalue weighted by molar-refractivity contribution is -0.139. The summed E-state index contributed by atoms with van der Waals surface area (Å²) in [5.41, 5.74) is 1.04. The fourth-order valence-electron chi connectivity index (χ4n) is 2.76. The fourth-order valence-corrected chi connectivity index (χ4v) is 2.89. The molecule has 0 saturated carbocycles. The molecule has 0 aliphatic carbocycles. The summed E-state index contributed by atoms with van der Waals surface area (Å²) in [5.74, 6) is 0.0463. The maximum Gasteiger partial charge on any atom is 0.258 e. The van der Waals surface area contributed by atoms with E-state index in [1.807, 2.05) is 30.3 Å². The second-order valence-electron chi connectivity index (χ2n) is 6.13. The Morgan fingerprint density at radius 2 is 1.89 bits per heavy atom. The molecule has 1 unspecified atom stereocenters. The van der Waals surface area contributed by atoms with E-state index in [1.54, 1.807) is 29.2 Å². The molecule has 0 bridgehead atoms. The first-order valence-corrected chi connectivity index (χ1v) is 9.09. The quantitative estimate of drug-likeness (QED) is 0.825. The monoisotopic (exact) mass is 388 g/mol. The number of rotatable bonds is 6. The number of morpholine rings is 1. The van der Waals surface area contributed by atoms with Crippen molar-refractivity contribution in [2.45, 2.75) is 6.10 Å². The van der Waals surface area contributed by atoms with Gasteiger partial charge in [0, 0.05) is 11.6 Å². The van der Waals surface area contributed by atoms with Crippen molar-refractivity contribution < 1.29 is 19.1 Å². The SMILES string of the molecule is O=C(COc1ccc(Cl)cc1)NCC(=O)N1CCOC(c2ccccc2)C1. The molecule has 1 aliphatic heterocycles. The van der Waals surface area contributed by atoms with Gasteiger partial charge >= 0.3 is 0 Å². The van der Waals surface area contributed by atoms with E-state index in [2.05, 4.69) is 5.32 Å². The summed E-state index contributed by atoms with van der Waals surface area (Å²) in [6.45, 7) is 1.23. The summed E-state index contributed by atoms with van der Waals surface area (Å²) >= 11 is 5.80. The summed E-state index contributed by atoms with van der Waals surface area (Å²) in [7, 11) is 0. The van der Waals surface area contributed by atoms with Crippen LogP contribution < -0.4 is 10.1 Å². The molecular weight excluding hydrogens is 368 g/mol. The van der Waals surface area contributed by atoms with Crippen molar-refractivity contribution in [1.29, 1.82) is 0 Å². The predicted molar refractivity (Wildman–Crippen MR) is 102 cm³/mol. The number of halogens is 1. The zero-order chi connectivity index (χ0) is 19.1. The molecule has 0 spiro atoms.